The van der Waals surface area contributed by atoms with Crippen LogP contribution in [-0.2, 0) is 24.3 Å². The van der Waals surface area contributed by atoms with Crippen LogP contribution in [0.3, 0.4) is 0 Å². The molecule has 2 aromatic carbocycles. The molecule has 1 saturated heterocycles. The van der Waals surface area contributed by atoms with Crippen molar-refractivity contribution in [2.24, 2.45) is 0 Å². The van der Waals surface area contributed by atoms with Crippen LogP contribution >= 0.6 is 23.2 Å². The molecule has 164 valence electrons. The number of carbonyl (C=O) groups is 2. The van der Waals surface area contributed by atoms with E-state index in [2.05, 4.69) is 0 Å². The SMILES string of the molecule is O=C(/C=C/c1ccc(Cl)cc1)OCC(=O)N1CCN(S(=O)(=O)c2ccc(Cl)cc2)CC1. The predicted molar refractivity (Wildman–Crippen MR) is 118 cm³/mol. The van der Waals surface area contributed by atoms with Gasteiger partial charge in [-0.25, -0.2) is 13.2 Å². The Labute approximate surface area is 190 Å². The average Bonchev–Trinajstić information content (AvgIpc) is 2.77. The van der Waals surface area contributed by atoms with Gasteiger partial charge < -0.3 is 9.64 Å². The molecule has 0 spiro atoms. The number of amides is 1. The molecule has 1 heterocycles. The molecule has 1 fully saturated rings. The first-order chi connectivity index (χ1) is 14.8. The molecule has 2 aromatic rings. The van der Waals surface area contributed by atoms with Crippen molar-refractivity contribution in [3.05, 3.63) is 70.2 Å². The van der Waals surface area contributed by atoms with Gasteiger partial charge in [-0.1, -0.05) is 35.3 Å². The fraction of sp³-hybridized carbons (Fsp3) is 0.238. The van der Waals surface area contributed by atoms with Crippen LogP contribution in [0.1, 0.15) is 5.56 Å². The third-order valence-electron chi connectivity index (χ3n) is 4.66. The lowest BCUT2D eigenvalue weighted by Gasteiger charge is -2.33. The van der Waals surface area contributed by atoms with Gasteiger partial charge in [0, 0.05) is 42.3 Å². The van der Waals surface area contributed by atoms with Crippen LogP contribution in [0.4, 0.5) is 0 Å². The number of ether oxygens (including phenoxy) is 1. The summed E-state index contributed by atoms with van der Waals surface area (Å²) in [5, 5.41) is 1.04. The molecule has 7 nitrogen and oxygen atoms in total. The van der Waals surface area contributed by atoms with Gasteiger partial charge in [0.25, 0.3) is 5.91 Å². The lowest BCUT2D eigenvalue weighted by molar-refractivity contribution is -0.148. The summed E-state index contributed by atoms with van der Waals surface area (Å²) in [4.78, 5) is 25.8. The summed E-state index contributed by atoms with van der Waals surface area (Å²) in [6.07, 6.45) is 2.79. The largest absolute Gasteiger partial charge is 0.452 e. The van der Waals surface area contributed by atoms with E-state index in [9.17, 15) is 18.0 Å². The number of esters is 1. The molecule has 0 aliphatic carbocycles. The quantitative estimate of drug-likeness (QED) is 0.466. The number of hydrogen-bond donors (Lipinski definition) is 0. The maximum atomic E-state index is 12.7. The van der Waals surface area contributed by atoms with Gasteiger partial charge in [-0.2, -0.15) is 4.31 Å². The molecule has 0 saturated carbocycles. The van der Waals surface area contributed by atoms with Crippen LogP contribution in [0.2, 0.25) is 10.0 Å². The van der Waals surface area contributed by atoms with Gasteiger partial charge in [0.15, 0.2) is 6.61 Å². The number of hydrogen-bond acceptors (Lipinski definition) is 5. The smallest absolute Gasteiger partial charge is 0.331 e. The van der Waals surface area contributed by atoms with E-state index in [1.54, 1.807) is 30.3 Å². The molecule has 0 aromatic heterocycles. The number of benzene rings is 2. The molecule has 0 radical (unpaired) electrons. The summed E-state index contributed by atoms with van der Waals surface area (Å²) < 4.78 is 31.7. The number of sulfonamides is 1. The molecule has 3 rings (SSSR count). The van der Waals surface area contributed by atoms with E-state index in [1.807, 2.05) is 0 Å². The Morgan fingerprint density at radius 2 is 1.45 bits per heavy atom. The molecule has 1 aliphatic rings. The summed E-state index contributed by atoms with van der Waals surface area (Å²) in [6.45, 7) is 0.323. The summed E-state index contributed by atoms with van der Waals surface area (Å²) in [5.41, 5.74) is 0.769. The van der Waals surface area contributed by atoms with Gasteiger partial charge in [0.2, 0.25) is 10.0 Å². The van der Waals surface area contributed by atoms with Gasteiger partial charge >= 0.3 is 5.97 Å². The van der Waals surface area contributed by atoms with Crippen molar-refractivity contribution < 1.29 is 22.7 Å². The second-order valence-electron chi connectivity index (χ2n) is 6.73. The normalized spacial score (nSPS) is 15.2. The summed E-state index contributed by atoms with van der Waals surface area (Å²) in [7, 11) is -3.66. The minimum atomic E-state index is -3.66. The molecule has 0 atom stereocenters. The zero-order valence-electron chi connectivity index (χ0n) is 16.4. The molecule has 10 heteroatoms. The van der Waals surface area contributed by atoms with E-state index in [-0.39, 0.29) is 37.0 Å². The number of nitrogens with zero attached hydrogens (tertiary/aromatic N) is 2. The van der Waals surface area contributed by atoms with Crippen molar-refractivity contribution in [2.45, 2.75) is 4.90 Å². The van der Waals surface area contributed by atoms with Crippen molar-refractivity contribution >= 4 is 51.2 Å². The highest BCUT2D eigenvalue weighted by molar-refractivity contribution is 7.89. The Balaban J connectivity index is 1.47. The summed E-state index contributed by atoms with van der Waals surface area (Å²) >= 11 is 11.6. The molecule has 31 heavy (non-hydrogen) atoms. The number of halogens is 2. The Bertz CT molecular complexity index is 1060. The first kappa shape index (κ1) is 23.3. The van der Waals surface area contributed by atoms with E-state index in [1.165, 1.54) is 39.5 Å². The van der Waals surface area contributed by atoms with Crippen LogP contribution in [0.5, 0.6) is 0 Å². The van der Waals surface area contributed by atoms with Crippen molar-refractivity contribution in [1.29, 1.82) is 0 Å². The van der Waals surface area contributed by atoms with E-state index < -0.39 is 22.6 Å². The van der Waals surface area contributed by atoms with E-state index in [0.717, 1.165) is 5.56 Å². The van der Waals surface area contributed by atoms with Gasteiger partial charge in [-0.15, -0.1) is 0 Å². The van der Waals surface area contributed by atoms with Crippen LogP contribution in [0.15, 0.2) is 59.5 Å². The summed E-state index contributed by atoms with van der Waals surface area (Å²) in [6, 6.07) is 12.8. The van der Waals surface area contributed by atoms with Gasteiger partial charge in [0.05, 0.1) is 4.90 Å². The third-order valence-corrected chi connectivity index (χ3v) is 7.08. The Morgan fingerprint density at radius 3 is 2.03 bits per heavy atom. The van der Waals surface area contributed by atoms with Crippen molar-refractivity contribution in [3.8, 4) is 0 Å². The lowest BCUT2D eigenvalue weighted by Crippen LogP contribution is -2.51. The lowest BCUT2D eigenvalue weighted by atomic mass is 10.2. The second kappa shape index (κ2) is 10.3. The molecule has 0 N–H and O–H groups in total. The highest BCUT2D eigenvalue weighted by Crippen LogP contribution is 2.20. The molecule has 1 aliphatic heterocycles. The van der Waals surface area contributed by atoms with Crippen LogP contribution in [0, 0.1) is 0 Å². The van der Waals surface area contributed by atoms with E-state index in [4.69, 9.17) is 27.9 Å². The number of piperazine rings is 1. The Kier molecular flexibility index (Phi) is 7.72. The highest BCUT2D eigenvalue weighted by atomic mass is 35.5. The van der Waals surface area contributed by atoms with Crippen LogP contribution in [-0.4, -0.2) is 62.3 Å². The third kappa shape index (κ3) is 6.30. The molecular formula is C21H20Cl2N2O5S. The van der Waals surface area contributed by atoms with Gasteiger partial charge in [0.1, 0.15) is 0 Å². The van der Waals surface area contributed by atoms with E-state index >= 15 is 0 Å². The van der Waals surface area contributed by atoms with Crippen molar-refractivity contribution in [2.75, 3.05) is 32.8 Å². The fourth-order valence-electron chi connectivity index (χ4n) is 2.94. The Hall–Kier alpha value is -2.39. The van der Waals surface area contributed by atoms with E-state index in [0.29, 0.717) is 10.0 Å². The van der Waals surface area contributed by atoms with Gasteiger partial charge in [-0.05, 0) is 48.0 Å². The highest BCUT2D eigenvalue weighted by Gasteiger charge is 2.30. The summed E-state index contributed by atoms with van der Waals surface area (Å²) in [5.74, 6) is -1.02. The number of carbonyl (C=O) groups excluding carboxylic acids is 2. The van der Waals surface area contributed by atoms with Crippen molar-refractivity contribution in [1.82, 2.24) is 9.21 Å². The number of rotatable bonds is 6. The van der Waals surface area contributed by atoms with Crippen molar-refractivity contribution in [3.63, 3.8) is 0 Å². The zero-order chi connectivity index (χ0) is 22.4. The molecule has 1 amide bonds. The predicted octanol–water partition coefficient (Wildman–Crippen LogP) is 3.08. The van der Waals surface area contributed by atoms with Crippen LogP contribution < -0.4 is 0 Å². The average molecular weight is 483 g/mol. The second-order valence-corrected chi connectivity index (χ2v) is 9.54. The fourth-order valence-corrected chi connectivity index (χ4v) is 4.62. The molecule has 0 bridgehead atoms. The Morgan fingerprint density at radius 1 is 0.903 bits per heavy atom. The maximum Gasteiger partial charge on any atom is 0.331 e. The maximum absolute atomic E-state index is 12.7. The minimum Gasteiger partial charge on any atom is -0.452 e. The first-order valence-corrected chi connectivity index (χ1v) is 11.6. The topological polar surface area (TPSA) is 84.0 Å². The molecule has 0 unspecified atom stereocenters. The zero-order valence-corrected chi connectivity index (χ0v) is 18.7. The van der Waals surface area contributed by atoms with Crippen LogP contribution in [0.25, 0.3) is 6.08 Å². The molecular weight excluding hydrogens is 463 g/mol. The monoisotopic (exact) mass is 482 g/mol. The first-order valence-electron chi connectivity index (χ1n) is 9.39. The standard InChI is InChI=1S/C21H20Cl2N2O5S/c22-17-4-1-16(2-5-17)3-10-21(27)30-15-20(26)24-11-13-25(14-12-24)31(28,29)19-8-6-18(23)7-9-19/h1-10H,11-15H2/b10-3+. The van der Waals surface area contributed by atoms with Gasteiger partial charge in [-0.3, -0.25) is 4.79 Å². The minimum absolute atomic E-state index is 0.151.